The quantitative estimate of drug-likeness (QED) is 0.234. The van der Waals surface area contributed by atoms with Crippen molar-refractivity contribution in [3.05, 3.63) is 61.3 Å². The second-order valence-corrected chi connectivity index (χ2v) is 11.6. The SMILES string of the molecule is C=C/C=C\[C@H](C)[C@@H]1OC(=O)/C=C\C=C\[C@@H](C)[C@@H](O)C[C@H](OC)/C=C\[C@H](C)[C@H](O)[C@@H](C)C[C@@H](C)CC[C@@H](O)[C@@H]1C. The molecule has 0 aromatic carbocycles. The number of allylic oxidation sites excluding steroid dienone is 4. The summed E-state index contributed by atoms with van der Waals surface area (Å²) < 4.78 is 11.4. The molecular formula is C33H54O6. The van der Waals surface area contributed by atoms with Crippen molar-refractivity contribution in [2.24, 2.45) is 35.5 Å². The van der Waals surface area contributed by atoms with Gasteiger partial charge in [-0.2, -0.15) is 0 Å². The molecule has 0 spiro atoms. The zero-order valence-electron chi connectivity index (χ0n) is 25.1. The van der Waals surface area contributed by atoms with Gasteiger partial charge in [0.2, 0.25) is 0 Å². The summed E-state index contributed by atoms with van der Waals surface area (Å²) in [6.07, 6.45) is 15.9. The minimum absolute atomic E-state index is 0.0616. The molecule has 1 rings (SSSR count). The Morgan fingerprint density at radius 3 is 2.31 bits per heavy atom. The van der Waals surface area contributed by atoms with Crippen molar-refractivity contribution in [3.8, 4) is 0 Å². The summed E-state index contributed by atoms with van der Waals surface area (Å²) in [4.78, 5) is 12.7. The van der Waals surface area contributed by atoms with E-state index in [0.29, 0.717) is 18.8 Å². The normalized spacial score (nSPS) is 40.0. The zero-order chi connectivity index (χ0) is 29.5. The average molecular weight is 547 g/mol. The molecular weight excluding hydrogens is 492 g/mol. The number of methoxy groups -OCH3 is 1. The third-order valence-electron chi connectivity index (χ3n) is 8.07. The molecule has 6 nitrogen and oxygen atoms in total. The molecule has 0 saturated heterocycles. The number of aliphatic hydroxyl groups is 3. The van der Waals surface area contributed by atoms with Gasteiger partial charge in [0.05, 0.1) is 24.4 Å². The minimum Gasteiger partial charge on any atom is -0.458 e. The Kier molecular flexibility index (Phi) is 16.5. The predicted molar refractivity (Wildman–Crippen MR) is 159 cm³/mol. The van der Waals surface area contributed by atoms with E-state index in [4.69, 9.17) is 9.47 Å². The molecule has 0 radical (unpaired) electrons. The highest BCUT2D eigenvalue weighted by molar-refractivity contribution is 5.82. The van der Waals surface area contributed by atoms with E-state index in [1.54, 1.807) is 25.3 Å². The van der Waals surface area contributed by atoms with E-state index in [1.807, 2.05) is 58.1 Å². The van der Waals surface area contributed by atoms with Gasteiger partial charge >= 0.3 is 5.97 Å². The molecule has 1 heterocycles. The summed E-state index contributed by atoms with van der Waals surface area (Å²) in [7, 11) is 1.61. The Balaban J connectivity index is 3.21. The highest BCUT2D eigenvalue weighted by Gasteiger charge is 2.31. The third kappa shape index (κ3) is 12.8. The minimum atomic E-state index is -0.640. The van der Waals surface area contributed by atoms with E-state index < -0.39 is 30.4 Å². The molecule has 0 aromatic heterocycles. The van der Waals surface area contributed by atoms with Gasteiger partial charge in [-0.1, -0.05) is 96.7 Å². The Hall–Kier alpha value is -1.99. The maximum absolute atomic E-state index is 12.7. The molecule has 0 aliphatic carbocycles. The highest BCUT2D eigenvalue weighted by atomic mass is 16.5. The van der Waals surface area contributed by atoms with Gasteiger partial charge in [-0.05, 0) is 31.1 Å². The van der Waals surface area contributed by atoms with Gasteiger partial charge in [-0.25, -0.2) is 4.79 Å². The fourth-order valence-electron chi connectivity index (χ4n) is 5.20. The third-order valence-corrected chi connectivity index (χ3v) is 8.07. The van der Waals surface area contributed by atoms with Crippen molar-refractivity contribution in [1.29, 1.82) is 0 Å². The van der Waals surface area contributed by atoms with Crippen molar-refractivity contribution < 1.29 is 29.6 Å². The van der Waals surface area contributed by atoms with Crippen LogP contribution in [0.4, 0.5) is 0 Å². The summed E-state index contributed by atoms with van der Waals surface area (Å²) in [5.41, 5.74) is 0. The molecule has 6 heteroatoms. The summed E-state index contributed by atoms with van der Waals surface area (Å²) >= 11 is 0. The van der Waals surface area contributed by atoms with Crippen LogP contribution in [0.5, 0.6) is 0 Å². The molecule has 0 fully saturated rings. The summed E-state index contributed by atoms with van der Waals surface area (Å²) in [6.45, 7) is 15.7. The van der Waals surface area contributed by atoms with Crippen LogP contribution in [-0.2, 0) is 14.3 Å². The highest BCUT2D eigenvalue weighted by Crippen LogP contribution is 2.28. The molecule has 39 heavy (non-hydrogen) atoms. The Morgan fingerprint density at radius 2 is 1.67 bits per heavy atom. The number of hydrogen-bond donors (Lipinski definition) is 3. The number of rotatable bonds is 4. The molecule has 1 aliphatic heterocycles. The second-order valence-electron chi connectivity index (χ2n) is 11.6. The van der Waals surface area contributed by atoms with Gasteiger partial charge in [0.1, 0.15) is 6.10 Å². The molecule has 0 bridgehead atoms. The fraction of sp³-hybridized carbons (Fsp3) is 0.667. The van der Waals surface area contributed by atoms with Crippen molar-refractivity contribution in [1.82, 2.24) is 0 Å². The molecule has 222 valence electrons. The number of esters is 1. The maximum atomic E-state index is 12.7. The van der Waals surface area contributed by atoms with Crippen LogP contribution < -0.4 is 0 Å². The van der Waals surface area contributed by atoms with Crippen molar-refractivity contribution in [2.75, 3.05) is 7.11 Å². The number of ether oxygens (including phenoxy) is 2. The molecule has 1 aliphatic rings. The maximum Gasteiger partial charge on any atom is 0.331 e. The van der Waals surface area contributed by atoms with Crippen molar-refractivity contribution >= 4 is 5.97 Å². The first-order valence-corrected chi connectivity index (χ1v) is 14.5. The van der Waals surface area contributed by atoms with Crippen LogP contribution in [0.25, 0.3) is 0 Å². The van der Waals surface area contributed by atoms with Gasteiger partial charge in [-0.15, -0.1) is 0 Å². The van der Waals surface area contributed by atoms with Crippen molar-refractivity contribution in [2.45, 2.75) is 97.7 Å². The lowest BCUT2D eigenvalue weighted by molar-refractivity contribution is -0.150. The lowest BCUT2D eigenvalue weighted by Gasteiger charge is -2.31. The molecule has 0 aromatic rings. The Bertz CT molecular complexity index is 830. The number of cyclic esters (lactones) is 1. The second kappa shape index (κ2) is 18.4. The number of carbonyl (C=O) groups excluding carboxylic acids is 1. The van der Waals surface area contributed by atoms with Crippen LogP contribution in [-0.4, -0.2) is 58.9 Å². The molecule has 11 atom stereocenters. The number of carbonyl (C=O) groups is 1. The zero-order valence-corrected chi connectivity index (χ0v) is 25.1. The Morgan fingerprint density at radius 1 is 0.974 bits per heavy atom. The van der Waals surface area contributed by atoms with Gasteiger partial charge in [0.25, 0.3) is 0 Å². The van der Waals surface area contributed by atoms with Crippen LogP contribution >= 0.6 is 0 Å². The Labute approximate surface area is 237 Å². The summed E-state index contributed by atoms with van der Waals surface area (Å²) in [6, 6.07) is 0. The van der Waals surface area contributed by atoms with Gasteiger partial charge in [-0.3, -0.25) is 0 Å². The van der Waals surface area contributed by atoms with Crippen LogP contribution in [0.1, 0.15) is 67.2 Å². The lowest BCUT2D eigenvalue weighted by atomic mass is 9.82. The largest absolute Gasteiger partial charge is 0.458 e. The van der Waals surface area contributed by atoms with Crippen molar-refractivity contribution in [3.63, 3.8) is 0 Å². The van der Waals surface area contributed by atoms with Gasteiger partial charge in [0.15, 0.2) is 0 Å². The first-order chi connectivity index (χ1) is 18.4. The van der Waals surface area contributed by atoms with E-state index in [0.717, 1.165) is 12.8 Å². The smallest absolute Gasteiger partial charge is 0.331 e. The number of aliphatic hydroxyl groups excluding tert-OH is 3. The molecule has 0 saturated carbocycles. The number of hydrogen-bond acceptors (Lipinski definition) is 6. The van der Waals surface area contributed by atoms with Crippen LogP contribution in [0.2, 0.25) is 0 Å². The van der Waals surface area contributed by atoms with Gasteiger partial charge in [0, 0.05) is 43.3 Å². The lowest BCUT2D eigenvalue weighted by Crippen LogP contribution is -2.37. The van der Waals surface area contributed by atoms with Crippen LogP contribution in [0.3, 0.4) is 0 Å². The first kappa shape index (κ1) is 35.0. The monoisotopic (exact) mass is 546 g/mol. The molecule has 0 unspecified atom stereocenters. The van der Waals surface area contributed by atoms with E-state index in [1.165, 1.54) is 6.08 Å². The fourth-order valence-corrected chi connectivity index (χ4v) is 5.20. The topological polar surface area (TPSA) is 96.2 Å². The van der Waals surface area contributed by atoms with E-state index in [2.05, 4.69) is 20.4 Å². The molecule has 0 amide bonds. The van der Waals surface area contributed by atoms with Gasteiger partial charge < -0.3 is 24.8 Å². The first-order valence-electron chi connectivity index (χ1n) is 14.5. The van der Waals surface area contributed by atoms with E-state index in [9.17, 15) is 20.1 Å². The average Bonchev–Trinajstić information content (AvgIpc) is 2.91. The van der Waals surface area contributed by atoms with Crippen LogP contribution in [0.15, 0.2) is 61.3 Å². The molecule has 3 N–H and O–H groups in total. The summed E-state index contributed by atoms with van der Waals surface area (Å²) in [5.74, 6) is -0.704. The van der Waals surface area contributed by atoms with Crippen LogP contribution in [0, 0.1) is 35.5 Å². The summed E-state index contributed by atoms with van der Waals surface area (Å²) in [5, 5.41) is 32.7. The standard InChI is InChI=1S/C33H54O6/c1-9-10-13-25(5)33-27(7)29(34)19-16-22(2)20-26(6)32(37)24(4)17-18-28(38-8)21-30(35)23(3)14-11-12-15-31(36)39-33/h9-15,17-18,22-30,32-35,37H,1,16,19-21H2,2-8H3/b13-10-,14-11+,15-12-,18-17-/t22-,23+,24-,25-,26-,27-,28+,29+,30-,32-,33-/m0/s1. The van der Waals surface area contributed by atoms with E-state index in [-0.39, 0.29) is 35.7 Å². The van der Waals surface area contributed by atoms with E-state index >= 15 is 0 Å². The predicted octanol–water partition coefficient (Wildman–Crippen LogP) is 5.80.